The van der Waals surface area contributed by atoms with Crippen molar-refractivity contribution in [1.29, 1.82) is 0 Å². The second kappa shape index (κ2) is 6.78. The minimum absolute atomic E-state index is 0.703. The van der Waals surface area contributed by atoms with Crippen LogP contribution in [0.25, 0.3) is 22.0 Å². The van der Waals surface area contributed by atoms with E-state index in [1.165, 1.54) is 12.1 Å². The minimum atomic E-state index is 0.703. The van der Waals surface area contributed by atoms with Gasteiger partial charge < -0.3 is 4.74 Å². The molecule has 3 heteroatoms. The summed E-state index contributed by atoms with van der Waals surface area (Å²) in [5.41, 5.74) is 4.38. The van der Waals surface area contributed by atoms with Crippen LogP contribution in [0.2, 0.25) is 0 Å². The highest BCUT2D eigenvalue weighted by atomic mass is 16.5. The van der Waals surface area contributed by atoms with Gasteiger partial charge in [-0.25, -0.2) is 0 Å². The van der Waals surface area contributed by atoms with Gasteiger partial charge in [-0.05, 0) is 48.6 Å². The van der Waals surface area contributed by atoms with Gasteiger partial charge in [0, 0.05) is 22.8 Å². The molecule has 0 spiro atoms. The van der Waals surface area contributed by atoms with E-state index in [1.807, 2.05) is 6.07 Å². The number of hydrogen-bond acceptors (Lipinski definition) is 3. The molecule has 0 aliphatic carbocycles. The predicted octanol–water partition coefficient (Wildman–Crippen LogP) is 4.89. The van der Waals surface area contributed by atoms with Gasteiger partial charge in [0.2, 0.25) is 0 Å². The van der Waals surface area contributed by atoms with Crippen LogP contribution in [0, 0.1) is 5.92 Å². The number of nitrogens with zero attached hydrogens (tertiary/aromatic N) is 2. The molecule has 0 unspecified atom stereocenters. The van der Waals surface area contributed by atoms with E-state index in [1.54, 1.807) is 19.5 Å². The second-order valence-electron chi connectivity index (χ2n) is 6.22. The van der Waals surface area contributed by atoms with Gasteiger partial charge in [-0.1, -0.05) is 26.0 Å². The van der Waals surface area contributed by atoms with Gasteiger partial charge in [0.15, 0.2) is 0 Å². The Bertz CT molecular complexity index is 812. The van der Waals surface area contributed by atoms with Gasteiger partial charge in [-0.2, -0.15) is 0 Å². The number of aromatic nitrogens is 2. The maximum absolute atomic E-state index is 5.41. The van der Waals surface area contributed by atoms with Crippen LogP contribution in [0.5, 0.6) is 5.75 Å². The molecule has 0 amide bonds. The van der Waals surface area contributed by atoms with Crippen molar-refractivity contribution in [3.05, 3.63) is 54.5 Å². The zero-order valence-electron chi connectivity index (χ0n) is 13.9. The molecule has 3 rings (SSSR count). The Kier molecular flexibility index (Phi) is 4.56. The number of aryl methyl sites for hydroxylation is 1. The molecule has 0 saturated heterocycles. The van der Waals surface area contributed by atoms with E-state index >= 15 is 0 Å². The molecule has 23 heavy (non-hydrogen) atoms. The molecular formula is C20H22N2O. The summed E-state index contributed by atoms with van der Waals surface area (Å²) in [5, 5.41) is 1.15. The lowest BCUT2D eigenvalue weighted by molar-refractivity contribution is 0.414. The fraction of sp³-hybridized carbons (Fsp3) is 0.300. The molecule has 0 saturated carbocycles. The van der Waals surface area contributed by atoms with Crippen LogP contribution in [0.3, 0.4) is 0 Å². The SMILES string of the molecule is COc1cnccc1-c1ccc2nc(CCC(C)C)ccc2c1. The normalized spacial score (nSPS) is 11.1. The molecule has 2 aromatic heterocycles. The largest absolute Gasteiger partial charge is 0.494 e. The number of hydrogen-bond donors (Lipinski definition) is 0. The van der Waals surface area contributed by atoms with Gasteiger partial charge in [0.05, 0.1) is 18.8 Å². The lowest BCUT2D eigenvalue weighted by Gasteiger charge is -2.09. The molecule has 3 nitrogen and oxygen atoms in total. The molecular weight excluding hydrogens is 284 g/mol. The Morgan fingerprint density at radius 1 is 1.09 bits per heavy atom. The van der Waals surface area contributed by atoms with Crippen molar-refractivity contribution in [2.45, 2.75) is 26.7 Å². The monoisotopic (exact) mass is 306 g/mol. The number of pyridine rings is 2. The lowest BCUT2D eigenvalue weighted by Crippen LogP contribution is -1.95. The summed E-state index contributed by atoms with van der Waals surface area (Å²) in [6.07, 6.45) is 5.74. The summed E-state index contributed by atoms with van der Waals surface area (Å²) in [7, 11) is 1.67. The van der Waals surface area contributed by atoms with E-state index in [-0.39, 0.29) is 0 Å². The van der Waals surface area contributed by atoms with Crippen LogP contribution in [0.4, 0.5) is 0 Å². The van der Waals surface area contributed by atoms with Crippen LogP contribution in [0.1, 0.15) is 26.0 Å². The van der Waals surface area contributed by atoms with E-state index in [0.29, 0.717) is 5.92 Å². The van der Waals surface area contributed by atoms with E-state index in [0.717, 1.165) is 34.2 Å². The summed E-state index contributed by atoms with van der Waals surface area (Å²) in [6, 6.07) is 12.6. The number of methoxy groups -OCH3 is 1. The molecule has 3 aromatic rings. The van der Waals surface area contributed by atoms with Crippen molar-refractivity contribution in [3.63, 3.8) is 0 Å². The standard InChI is InChI=1S/C20H22N2O/c1-14(2)4-7-17-8-5-16-12-15(6-9-19(16)22-17)18-10-11-21-13-20(18)23-3/h5-6,8-14H,4,7H2,1-3H3. The summed E-state index contributed by atoms with van der Waals surface area (Å²) < 4.78 is 5.41. The van der Waals surface area contributed by atoms with Crippen LogP contribution in [-0.4, -0.2) is 17.1 Å². The van der Waals surface area contributed by atoms with Crippen molar-refractivity contribution in [2.75, 3.05) is 7.11 Å². The predicted molar refractivity (Wildman–Crippen MR) is 94.7 cm³/mol. The summed E-state index contributed by atoms with van der Waals surface area (Å²) >= 11 is 0. The van der Waals surface area contributed by atoms with Gasteiger partial charge >= 0.3 is 0 Å². The van der Waals surface area contributed by atoms with Crippen LogP contribution in [-0.2, 0) is 6.42 Å². The first-order chi connectivity index (χ1) is 11.2. The van der Waals surface area contributed by atoms with Gasteiger partial charge in [0.25, 0.3) is 0 Å². The Balaban J connectivity index is 1.95. The molecule has 0 aliphatic heterocycles. The number of ether oxygens (including phenoxy) is 1. The number of rotatable bonds is 5. The topological polar surface area (TPSA) is 35.0 Å². The molecule has 0 bridgehead atoms. The Labute approximate surface area is 137 Å². The third-order valence-electron chi connectivity index (χ3n) is 4.04. The van der Waals surface area contributed by atoms with E-state index in [2.05, 4.69) is 49.2 Å². The van der Waals surface area contributed by atoms with Crippen molar-refractivity contribution in [3.8, 4) is 16.9 Å². The molecule has 0 atom stereocenters. The molecule has 0 fully saturated rings. The molecule has 2 heterocycles. The van der Waals surface area contributed by atoms with Gasteiger partial charge in [0.1, 0.15) is 5.75 Å². The third kappa shape index (κ3) is 3.50. The molecule has 0 N–H and O–H groups in total. The average Bonchev–Trinajstić information content (AvgIpc) is 2.59. The Hall–Kier alpha value is -2.42. The summed E-state index contributed by atoms with van der Waals surface area (Å²) in [4.78, 5) is 8.89. The zero-order chi connectivity index (χ0) is 16.2. The quantitative estimate of drug-likeness (QED) is 0.673. The fourth-order valence-electron chi connectivity index (χ4n) is 2.69. The van der Waals surface area contributed by atoms with E-state index in [9.17, 15) is 0 Å². The zero-order valence-corrected chi connectivity index (χ0v) is 13.9. The first-order valence-corrected chi connectivity index (χ1v) is 8.05. The average molecular weight is 306 g/mol. The molecule has 118 valence electrons. The van der Waals surface area contributed by atoms with Crippen molar-refractivity contribution >= 4 is 10.9 Å². The molecule has 0 radical (unpaired) electrons. The smallest absolute Gasteiger partial charge is 0.144 e. The first-order valence-electron chi connectivity index (χ1n) is 8.05. The highest BCUT2D eigenvalue weighted by molar-refractivity contribution is 5.85. The lowest BCUT2D eigenvalue weighted by atomic mass is 10.0. The van der Waals surface area contributed by atoms with Gasteiger partial charge in [-0.15, -0.1) is 0 Å². The fourth-order valence-corrected chi connectivity index (χ4v) is 2.69. The molecule has 0 aliphatic rings. The van der Waals surface area contributed by atoms with E-state index < -0.39 is 0 Å². The summed E-state index contributed by atoms with van der Waals surface area (Å²) in [6.45, 7) is 4.49. The number of benzene rings is 1. The molecule has 1 aromatic carbocycles. The Morgan fingerprint density at radius 3 is 2.74 bits per heavy atom. The highest BCUT2D eigenvalue weighted by Gasteiger charge is 2.07. The number of fused-ring (bicyclic) bond motifs is 1. The maximum Gasteiger partial charge on any atom is 0.144 e. The van der Waals surface area contributed by atoms with Crippen molar-refractivity contribution in [2.24, 2.45) is 5.92 Å². The Morgan fingerprint density at radius 2 is 1.96 bits per heavy atom. The van der Waals surface area contributed by atoms with Crippen LogP contribution < -0.4 is 4.74 Å². The third-order valence-corrected chi connectivity index (χ3v) is 4.04. The van der Waals surface area contributed by atoms with Gasteiger partial charge in [-0.3, -0.25) is 9.97 Å². The van der Waals surface area contributed by atoms with Crippen molar-refractivity contribution < 1.29 is 4.74 Å². The highest BCUT2D eigenvalue weighted by Crippen LogP contribution is 2.30. The second-order valence-corrected chi connectivity index (χ2v) is 6.22. The first kappa shape index (κ1) is 15.5. The maximum atomic E-state index is 5.41. The van der Waals surface area contributed by atoms with E-state index in [4.69, 9.17) is 9.72 Å². The minimum Gasteiger partial charge on any atom is -0.494 e. The van der Waals surface area contributed by atoms with Crippen molar-refractivity contribution in [1.82, 2.24) is 9.97 Å². The summed E-state index contributed by atoms with van der Waals surface area (Å²) in [5.74, 6) is 1.49. The van der Waals surface area contributed by atoms with Crippen LogP contribution >= 0.6 is 0 Å². The van der Waals surface area contributed by atoms with Crippen LogP contribution in [0.15, 0.2) is 48.8 Å².